The van der Waals surface area contributed by atoms with E-state index < -0.39 is 0 Å². The average molecular weight is 224 g/mol. The van der Waals surface area contributed by atoms with E-state index in [1.54, 1.807) is 0 Å². The smallest absolute Gasteiger partial charge is 0.0121 e. The number of nitrogens with two attached hydrogens (primary N) is 1. The summed E-state index contributed by atoms with van der Waals surface area (Å²) in [5.41, 5.74) is 6.35. The fraction of sp³-hybridized carbons (Fsp3) is 1.00. The van der Waals surface area contributed by atoms with Crippen LogP contribution in [0.2, 0.25) is 0 Å². The fourth-order valence-electron chi connectivity index (χ4n) is 3.83. The van der Waals surface area contributed by atoms with Crippen molar-refractivity contribution in [2.45, 2.75) is 52.5 Å². The van der Waals surface area contributed by atoms with Crippen LogP contribution in [-0.2, 0) is 0 Å². The molecule has 0 bridgehead atoms. The van der Waals surface area contributed by atoms with Crippen LogP contribution < -0.4 is 5.73 Å². The Balaban J connectivity index is 1.91. The van der Waals surface area contributed by atoms with E-state index in [0.717, 1.165) is 24.4 Å². The Hall–Kier alpha value is -0.0800. The fourth-order valence-corrected chi connectivity index (χ4v) is 3.83. The third-order valence-electron chi connectivity index (χ3n) is 4.77. The van der Waals surface area contributed by atoms with Crippen LogP contribution in [0.5, 0.6) is 0 Å². The summed E-state index contributed by atoms with van der Waals surface area (Å²) in [6.07, 6.45) is 5.50. The van der Waals surface area contributed by atoms with Crippen LogP contribution in [0.3, 0.4) is 0 Å². The zero-order valence-corrected chi connectivity index (χ0v) is 11.2. The molecule has 1 aliphatic heterocycles. The van der Waals surface area contributed by atoms with Crippen molar-refractivity contribution in [1.29, 1.82) is 0 Å². The van der Waals surface area contributed by atoms with Crippen LogP contribution in [0.25, 0.3) is 0 Å². The predicted molar refractivity (Wildman–Crippen MR) is 69.3 cm³/mol. The van der Waals surface area contributed by atoms with Gasteiger partial charge in [0.1, 0.15) is 0 Å². The van der Waals surface area contributed by atoms with Crippen molar-refractivity contribution in [2.75, 3.05) is 19.6 Å². The van der Waals surface area contributed by atoms with Gasteiger partial charge in [-0.15, -0.1) is 0 Å². The van der Waals surface area contributed by atoms with Gasteiger partial charge in [-0.05, 0) is 56.0 Å². The number of nitrogens with zero attached hydrogens (tertiary/aromatic N) is 1. The van der Waals surface area contributed by atoms with Crippen LogP contribution >= 0.6 is 0 Å². The lowest BCUT2D eigenvalue weighted by molar-refractivity contribution is 0.0734. The van der Waals surface area contributed by atoms with Gasteiger partial charge >= 0.3 is 0 Å². The van der Waals surface area contributed by atoms with Crippen LogP contribution in [0.1, 0.15) is 46.5 Å². The molecule has 1 saturated carbocycles. The van der Waals surface area contributed by atoms with Gasteiger partial charge in [-0.2, -0.15) is 0 Å². The van der Waals surface area contributed by atoms with Gasteiger partial charge < -0.3 is 5.73 Å². The lowest BCUT2D eigenvalue weighted by Gasteiger charge is -2.43. The summed E-state index contributed by atoms with van der Waals surface area (Å²) in [5.74, 6) is 1.63. The van der Waals surface area contributed by atoms with E-state index in [2.05, 4.69) is 25.7 Å². The molecule has 2 heteroatoms. The van der Waals surface area contributed by atoms with Gasteiger partial charge in [0.2, 0.25) is 0 Å². The zero-order chi connectivity index (χ0) is 11.8. The number of likely N-dealkylation sites (tertiary alicyclic amines) is 1. The first-order valence-electron chi connectivity index (χ1n) is 6.96. The van der Waals surface area contributed by atoms with Crippen LogP contribution in [0, 0.1) is 17.3 Å². The summed E-state index contributed by atoms with van der Waals surface area (Å²) >= 11 is 0. The second-order valence-electron chi connectivity index (χ2n) is 6.84. The van der Waals surface area contributed by atoms with Gasteiger partial charge in [0.25, 0.3) is 0 Å². The molecule has 0 aromatic carbocycles. The zero-order valence-electron chi connectivity index (χ0n) is 11.2. The molecule has 16 heavy (non-hydrogen) atoms. The normalized spacial score (nSPS) is 40.1. The SMILES string of the molecule is CC1CC(C)(C)CCC1N1CCC(CN)C1. The van der Waals surface area contributed by atoms with E-state index in [-0.39, 0.29) is 0 Å². The Bertz CT molecular complexity index is 237. The van der Waals surface area contributed by atoms with Gasteiger partial charge in [-0.25, -0.2) is 0 Å². The van der Waals surface area contributed by atoms with Crippen molar-refractivity contribution in [3.8, 4) is 0 Å². The first-order valence-corrected chi connectivity index (χ1v) is 6.96. The molecule has 1 aliphatic carbocycles. The van der Waals surface area contributed by atoms with Gasteiger partial charge in [0.05, 0.1) is 0 Å². The molecular formula is C14H28N2. The Labute approximate surface area is 101 Å². The average Bonchev–Trinajstić information content (AvgIpc) is 2.64. The van der Waals surface area contributed by atoms with Gasteiger partial charge in [0.15, 0.2) is 0 Å². The number of hydrogen-bond acceptors (Lipinski definition) is 2. The minimum Gasteiger partial charge on any atom is -0.330 e. The topological polar surface area (TPSA) is 29.3 Å². The van der Waals surface area contributed by atoms with E-state index in [0.29, 0.717) is 5.41 Å². The molecule has 2 aliphatic rings. The lowest BCUT2D eigenvalue weighted by atomic mass is 9.70. The van der Waals surface area contributed by atoms with Crippen LogP contribution in [0.4, 0.5) is 0 Å². The summed E-state index contributed by atoms with van der Waals surface area (Å²) in [6.45, 7) is 10.7. The Morgan fingerprint density at radius 2 is 2.06 bits per heavy atom. The minimum absolute atomic E-state index is 0.572. The molecule has 2 rings (SSSR count). The Morgan fingerprint density at radius 3 is 2.62 bits per heavy atom. The molecule has 2 N–H and O–H groups in total. The maximum Gasteiger partial charge on any atom is 0.0121 e. The second-order valence-corrected chi connectivity index (χ2v) is 6.84. The summed E-state index contributed by atoms with van der Waals surface area (Å²) in [5, 5.41) is 0. The van der Waals surface area contributed by atoms with Crippen LogP contribution in [-0.4, -0.2) is 30.6 Å². The molecule has 0 spiro atoms. The van der Waals surface area contributed by atoms with Crippen molar-refractivity contribution in [3.05, 3.63) is 0 Å². The number of rotatable bonds is 2. The maximum atomic E-state index is 5.78. The molecule has 94 valence electrons. The maximum absolute atomic E-state index is 5.78. The summed E-state index contributed by atoms with van der Waals surface area (Å²) in [6, 6.07) is 0.838. The first-order chi connectivity index (χ1) is 7.52. The highest BCUT2D eigenvalue weighted by Crippen LogP contribution is 2.41. The van der Waals surface area contributed by atoms with Crippen molar-refractivity contribution in [2.24, 2.45) is 23.0 Å². The molecule has 0 aromatic rings. The molecule has 1 heterocycles. The highest BCUT2D eigenvalue weighted by molar-refractivity contribution is 4.91. The molecule has 0 amide bonds. The molecular weight excluding hydrogens is 196 g/mol. The van der Waals surface area contributed by atoms with Crippen molar-refractivity contribution in [1.82, 2.24) is 4.90 Å². The Morgan fingerprint density at radius 1 is 1.31 bits per heavy atom. The van der Waals surface area contributed by atoms with E-state index in [1.165, 1.54) is 38.8 Å². The van der Waals surface area contributed by atoms with Gasteiger partial charge in [0, 0.05) is 12.6 Å². The molecule has 2 nitrogen and oxygen atoms in total. The third kappa shape index (κ3) is 2.60. The number of hydrogen-bond donors (Lipinski definition) is 1. The highest BCUT2D eigenvalue weighted by Gasteiger charge is 2.37. The minimum atomic E-state index is 0.572. The van der Waals surface area contributed by atoms with Gasteiger partial charge in [-0.3, -0.25) is 4.90 Å². The monoisotopic (exact) mass is 224 g/mol. The summed E-state index contributed by atoms with van der Waals surface area (Å²) < 4.78 is 0. The standard InChI is InChI=1S/C14H28N2/c1-11-8-14(2,3)6-4-13(11)16-7-5-12(9-15)10-16/h11-13H,4-10,15H2,1-3H3. The van der Waals surface area contributed by atoms with E-state index in [4.69, 9.17) is 5.73 Å². The molecule has 3 atom stereocenters. The first kappa shape index (κ1) is 12.4. The van der Waals surface area contributed by atoms with Crippen LogP contribution in [0.15, 0.2) is 0 Å². The molecule has 0 radical (unpaired) electrons. The lowest BCUT2D eigenvalue weighted by Crippen LogP contribution is -2.43. The predicted octanol–water partition coefficient (Wildman–Crippen LogP) is 2.48. The van der Waals surface area contributed by atoms with Crippen molar-refractivity contribution >= 4 is 0 Å². The second kappa shape index (κ2) is 4.66. The molecule has 3 unspecified atom stereocenters. The quantitative estimate of drug-likeness (QED) is 0.781. The van der Waals surface area contributed by atoms with Gasteiger partial charge in [-0.1, -0.05) is 20.8 Å². The van der Waals surface area contributed by atoms with E-state index in [9.17, 15) is 0 Å². The van der Waals surface area contributed by atoms with Crippen molar-refractivity contribution < 1.29 is 0 Å². The molecule has 0 aromatic heterocycles. The summed E-state index contributed by atoms with van der Waals surface area (Å²) in [4.78, 5) is 2.72. The van der Waals surface area contributed by atoms with E-state index >= 15 is 0 Å². The molecule has 1 saturated heterocycles. The van der Waals surface area contributed by atoms with Crippen molar-refractivity contribution in [3.63, 3.8) is 0 Å². The third-order valence-corrected chi connectivity index (χ3v) is 4.77. The Kier molecular flexibility index (Phi) is 3.60. The van der Waals surface area contributed by atoms with E-state index in [1.807, 2.05) is 0 Å². The summed E-state index contributed by atoms with van der Waals surface area (Å²) in [7, 11) is 0. The highest BCUT2D eigenvalue weighted by atomic mass is 15.2. The largest absolute Gasteiger partial charge is 0.330 e. The molecule has 2 fully saturated rings.